The standard InChI is InChI=1S/C13H17N3O2.ClH/c1-13(2,14)12(18)15-9-4-5-10-8(7-9)3-6-11(17)16-10;/h4-5,7H,3,6,14H2,1-2H3,(H,15,18)(H,16,17);1H. The average molecular weight is 284 g/mol. The number of hydrogen-bond donors (Lipinski definition) is 3. The molecule has 0 atom stereocenters. The first-order chi connectivity index (χ1) is 8.36. The minimum absolute atomic E-state index is 0. The highest BCUT2D eigenvalue weighted by Gasteiger charge is 2.22. The second kappa shape index (κ2) is 5.59. The summed E-state index contributed by atoms with van der Waals surface area (Å²) >= 11 is 0. The number of benzene rings is 1. The summed E-state index contributed by atoms with van der Waals surface area (Å²) in [5, 5.41) is 5.56. The SMILES string of the molecule is CC(C)(N)C(=O)Nc1ccc2c(c1)CCC(=O)N2.Cl. The molecule has 2 rings (SSSR count). The molecular weight excluding hydrogens is 266 g/mol. The van der Waals surface area contributed by atoms with E-state index in [9.17, 15) is 9.59 Å². The Hall–Kier alpha value is -1.59. The van der Waals surface area contributed by atoms with Gasteiger partial charge in [-0.05, 0) is 44.0 Å². The van der Waals surface area contributed by atoms with Gasteiger partial charge in [-0.3, -0.25) is 9.59 Å². The van der Waals surface area contributed by atoms with Crippen molar-refractivity contribution < 1.29 is 9.59 Å². The van der Waals surface area contributed by atoms with Crippen LogP contribution >= 0.6 is 12.4 Å². The van der Waals surface area contributed by atoms with Crippen LogP contribution in [0.4, 0.5) is 11.4 Å². The monoisotopic (exact) mass is 283 g/mol. The number of halogens is 1. The van der Waals surface area contributed by atoms with Gasteiger partial charge in [0.1, 0.15) is 0 Å². The van der Waals surface area contributed by atoms with Gasteiger partial charge in [-0.1, -0.05) is 0 Å². The van der Waals surface area contributed by atoms with Crippen molar-refractivity contribution in [3.8, 4) is 0 Å². The third kappa shape index (κ3) is 3.68. The van der Waals surface area contributed by atoms with E-state index in [0.29, 0.717) is 18.5 Å². The third-order valence-corrected chi connectivity index (χ3v) is 2.84. The lowest BCUT2D eigenvalue weighted by atomic mass is 10.0. The molecule has 1 aliphatic heterocycles. The van der Waals surface area contributed by atoms with Gasteiger partial charge in [-0.2, -0.15) is 0 Å². The van der Waals surface area contributed by atoms with E-state index in [-0.39, 0.29) is 24.2 Å². The van der Waals surface area contributed by atoms with Crippen molar-refractivity contribution in [2.75, 3.05) is 10.6 Å². The molecule has 6 heteroatoms. The van der Waals surface area contributed by atoms with Crippen LogP contribution in [0, 0.1) is 0 Å². The molecule has 1 aromatic rings. The zero-order valence-corrected chi connectivity index (χ0v) is 11.8. The fourth-order valence-electron chi connectivity index (χ4n) is 1.75. The van der Waals surface area contributed by atoms with Gasteiger partial charge in [0.25, 0.3) is 0 Å². The van der Waals surface area contributed by atoms with E-state index in [1.165, 1.54) is 0 Å². The number of fused-ring (bicyclic) bond motifs is 1. The highest BCUT2D eigenvalue weighted by molar-refractivity contribution is 5.98. The number of hydrogen-bond acceptors (Lipinski definition) is 3. The van der Waals surface area contributed by atoms with Gasteiger partial charge in [-0.15, -0.1) is 12.4 Å². The minimum atomic E-state index is -0.913. The van der Waals surface area contributed by atoms with Crippen LogP contribution < -0.4 is 16.4 Å². The predicted octanol–water partition coefficient (Wildman–Crippen LogP) is 1.67. The first-order valence-electron chi connectivity index (χ1n) is 5.89. The van der Waals surface area contributed by atoms with E-state index >= 15 is 0 Å². The van der Waals surface area contributed by atoms with Gasteiger partial charge in [0.15, 0.2) is 0 Å². The third-order valence-electron chi connectivity index (χ3n) is 2.84. The zero-order chi connectivity index (χ0) is 13.3. The van der Waals surface area contributed by atoms with E-state index < -0.39 is 5.54 Å². The fraction of sp³-hybridized carbons (Fsp3) is 0.385. The molecular formula is C13H18ClN3O2. The molecule has 1 heterocycles. The Morgan fingerprint density at radius 1 is 1.37 bits per heavy atom. The van der Waals surface area contributed by atoms with Gasteiger partial charge in [-0.25, -0.2) is 0 Å². The second-order valence-electron chi connectivity index (χ2n) is 5.10. The van der Waals surface area contributed by atoms with Crippen LogP contribution in [-0.2, 0) is 16.0 Å². The summed E-state index contributed by atoms with van der Waals surface area (Å²) in [5.74, 6) is -0.204. The van der Waals surface area contributed by atoms with E-state index in [1.54, 1.807) is 26.0 Å². The average Bonchev–Trinajstić information content (AvgIpc) is 2.28. The normalized spacial score (nSPS) is 13.9. The lowest BCUT2D eigenvalue weighted by molar-refractivity contribution is -0.120. The van der Waals surface area contributed by atoms with Crippen LogP contribution in [0.1, 0.15) is 25.8 Å². The van der Waals surface area contributed by atoms with Crippen molar-refractivity contribution in [2.24, 2.45) is 5.73 Å². The van der Waals surface area contributed by atoms with Crippen molar-refractivity contribution in [3.05, 3.63) is 23.8 Å². The maximum Gasteiger partial charge on any atom is 0.243 e. The molecule has 19 heavy (non-hydrogen) atoms. The predicted molar refractivity (Wildman–Crippen MR) is 77.5 cm³/mol. The van der Waals surface area contributed by atoms with Crippen LogP contribution in [0.5, 0.6) is 0 Å². The number of aryl methyl sites for hydroxylation is 1. The van der Waals surface area contributed by atoms with Crippen molar-refractivity contribution in [3.63, 3.8) is 0 Å². The van der Waals surface area contributed by atoms with Crippen molar-refractivity contribution in [1.82, 2.24) is 0 Å². The van der Waals surface area contributed by atoms with E-state index in [4.69, 9.17) is 5.73 Å². The molecule has 1 aliphatic rings. The summed E-state index contributed by atoms with van der Waals surface area (Å²) in [6.07, 6.45) is 1.17. The van der Waals surface area contributed by atoms with Crippen LogP contribution in [0.3, 0.4) is 0 Å². The maximum atomic E-state index is 11.7. The molecule has 0 radical (unpaired) electrons. The van der Waals surface area contributed by atoms with Crippen molar-refractivity contribution in [2.45, 2.75) is 32.2 Å². The minimum Gasteiger partial charge on any atom is -0.326 e. The smallest absolute Gasteiger partial charge is 0.243 e. The summed E-state index contributed by atoms with van der Waals surface area (Å²) in [5.41, 5.74) is 7.35. The topological polar surface area (TPSA) is 84.2 Å². The second-order valence-corrected chi connectivity index (χ2v) is 5.10. The van der Waals surface area contributed by atoms with E-state index in [1.807, 2.05) is 6.07 Å². The van der Waals surface area contributed by atoms with Gasteiger partial charge >= 0.3 is 0 Å². The Kier molecular flexibility index (Phi) is 4.55. The molecule has 0 aliphatic carbocycles. The molecule has 0 saturated carbocycles. The molecule has 0 unspecified atom stereocenters. The summed E-state index contributed by atoms with van der Waals surface area (Å²) < 4.78 is 0. The quantitative estimate of drug-likeness (QED) is 0.772. The Labute approximate surface area is 118 Å². The number of rotatable bonds is 2. The van der Waals surface area contributed by atoms with Crippen LogP contribution in [-0.4, -0.2) is 17.4 Å². The molecule has 5 nitrogen and oxygen atoms in total. The van der Waals surface area contributed by atoms with Gasteiger partial charge in [0, 0.05) is 17.8 Å². The van der Waals surface area contributed by atoms with Crippen LogP contribution in [0.25, 0.3) is 0 Å². The zero-order valence-electron chi connectivity index (χ0n) is 10.9. The maximum absolute atomic E-state index is 11.7. The van der Waals surface area contributed by atoms with E-state index in [0.717, 1.165) is 11.3 Å². The van der Waals surface area contributed by atoms with Gasteiger partial charge < -0.3 is 16.4 Å². The molecule has 4 N–H and O–H groups in total. The largest absolute Gasteiger partial charge is 0.326 e. The first-order valence-corrected chi connectivity index (χ1v) is 5.89. The first kappa shape index (κ1) is 15.5. The van der Waals surface area contributed by atoms with Crippen LogP contribution in [0.2, 0.25) is 0 Å². The number of anilines is 2. The summed E-state index contributed by atoms with van der Waals surface area (Å²) in [7, 11) is 0. The molecule has 0 bridgehead atoms. The molecule has 104 valence electrons. The number of carbonyl (C=O) groups excluding carboxylic acids is 2. The summed E-state index contributed by atoms with van der Waals surface area (Å²) in [6.45, 7) is 3.31. The number of amides is 2. The summed E-state index contributed by atoms with van der Waals surface area (Å²) in [6, 6.07) is 5.43. The Morgan fingerprint density at radius 2 is 2.05 bits per heavy atom. The van der Waals surface area contributed by atoms with Gasteiger partial charge in [0.05, 0.1) is 5.54 Å². The Morgan fingerprint density at radius 3 is 2.68 bits per heavy atom. The van der Waals surface area contributed by atoms with Crippen molar-refractivity contribution >= 4 is 35.6 Å². The molecule has 0 aromatic heterocycles. The lowest BCUT2D eigenvalue weighted by Crippen LogP contribution is -2.45. The number of nitrogens with one attached hydrogen (secondary N) is 2. The van der Waals surface area contributed by atoms with Crippen LogP contribution in [0.15, 0.2) is 18.2 Å². The number of nitrogens with two attached hydrogens (primary N) is 1. The number of carbonyl (C=O) groups is 2. The van der Waals surface area contributed by atoms with E-state index in [2.05, 4.69) is 10.6 Å². The molecule has 2 amide bonds. The van der Waals surface area contributed by atoms with Crippen molar-refractivity contribution in [1.29, 1.82) is 0 Å². The lowest BCUT2D eigenvalue weighted by Gasteiger charge is -2.20. The molecule has 0 spiro atoms. The summed E-state index contributed by atoms with van der Waals surface area (Å²) in [4.78, 5) is 23.0. The highest BCUT2D eigenvalue weighted by Crippen LogP contribution is 2.25. The Balaban J connectivity index is 0.00000180. The Bertz CT molecular complexity index is 509. The van der Waals surface area contributed by atoms with Gasteiger partial charge in [0.2, 0.25) is 11.8 Å². The molecule has 1 aromatic carbocycles. The highest BCUT2D eigenvalue weighted by atomic mass is 35.5. The fourth-order valence-corrected chi connectivity index (χ4v) is 1.75. The molecule has 0 fully saturated rings. The molecule has 0 saturated heterocycles.